The van der Waals surface area contributed by atoms with Crippen molar-refractivity contribution in [2.24, 2.45) is 0 Å². The van der Waals surface area contributed by atoms with Crippen LogP contribution >= 0.6 is 0 Å². The molecule has 4 aromatic carbocycles. The minimum atomic E-state index is -4.26. The molecule has 6 atom stereocenters. The number of anilines is 1. The van der Waals surface area contributed by atoms with Crippen LogP contribution in [0.4, 0.5) is 5.69 Å². The van der Waals surface area contributed by atoms with Gasteiger partial charge in [-0.15, -0.1) is 5.10 Å². The molecule has 0 unspecified atom stereocenters. The number of nitrogens with zero attached hydrogens (tertiary/aromatic N) is 4. The van der Waals surface area contributed by atoms with E-state index in [0.29, 0.717) is 16.5 Å². The third-order valence-corrected chi connectivity index (χ3v) is 11.3. The van der Waals surface area contributed by atoms with E-state index >= 15 is 0 Å². The van der Waals surface area contributed by atoms with Gasteiger partial charge in [-0.2, -0.15) is 0 Å². The summed E-state index contributed by atoms with van der Waals surface area (Å²) in [6.45, 7) is 0.502. The van der Waals surface area contributed by atoms with Gasteiger partial charge in [0.05, 0.1) is 35.9 Å². The van der Waals surface area contributed by atoms with Crippen LogP contribution in [0.15, 0.2) is 102 Å². The summed E-state index contributed by atoms with van der Waals surface area (Å²) in [5, 5.41) is 55.8. The summed E-state index contributed by atoms with van der Waals surface area (Å²) in [5.41, 5.74) is 4.41. The topological polar surface area (TPSA) is 226 Å². The quantitative estimate of drug-likeness (QED) is 0.0790. The third kappa shape index (κ3) is 9.31. The monoisotopic (exact) mass is 802 g/mol. The number of hydrogen-bond donors (Lipinski definition) is 6. The zero-order chi connectivity index (χ0) is 40.9. The van der Waals surface area contributed by atoms with Gasteiger partial charge in [0.25, 0.3) is 5.79 Å². The average Bonchev–Trinajstić information content (AvgIpc) is 3.68. The maximum atomic E-state index is 13.5. The molecular formula is C40H46N6O10S. The largest absolute Gasteiger partial charge is 0.477 e. The minimum Gasteiger partial charge on any atom is -0.477 e. The Balaban J connectivity index is 1.11. The Hall–Kier alpha value is -5.27. The van der Waals surface area contributed by atoms with Crippen LogP contribution in [0.3, 0.4) is 0 Å². The summed E-state index contributed by atoms with van der Waals surface area (Å²) in [4.78, 5) is 26.6. The first kappa shape index (κ1) is 41.4. The molecule has 0 radical (unpaired) electrons. The van der Waals surface area contributed by atoms with E-state index in [0.717, 1.165) is 29.3 Å². The zero-order valence-corrected chi connectivity index (χ0v) is 32.4. The molecule has 302 valence electrons. The molecule has 0 spiro atoms. The maximum absolute atomic E-state index is 13.5. The van der Waals surface area contributed by atoms with Crippen LogP contribution < -0.4 is 14.9 Å². The van der Waals surface area contributed by atoms with Gasteiger partial charge in [0.15, 0.2) is 0 Å². The van der Waals surface area contributed by atoms with Crippen molar-refractivity contribution in [3.05, 3.63) is 97.2 Å². The van der Waals surface area contributed by atoms with E-state index in [1.54, 1.807) is 35.1 Å². The standard InChI is InChI=1S/C40H46N6O10S/c1-25(47)42-36-33(48)22-40(39(51)52,55-21-9-20-46-24-31(43-44-46)28-18-16-27(17-19-28)26-10-5-4-6-11-26)56-38(36)37(50)34(49)23-41-57(53,54)35-15-8-12-29-30(35)13-7-14-32(29)45(2)3/h4-8,10-19,24,33-34,36-38,41,48-50H,9,20-23H2,1-3H3,(H,42,47)(H,51,52)/t33-,34+,36+,37+,38+,40+/m0/s1. The molecule has 6 rings (SSSR count). The molecule has 1 aliphatic rings. The van der Waals surface area contributed by atoms with Crippen LogP contribution in [0.2, 0.25) is 0 Å². The fourth-order valence-electron chi connectivity index (χ4n) is 6.92. The molecule has 0 aliphatic carbocycles. The fraction of sp³-hybridized carbons (Fsp3) is 0.350. The number of aromatic nitrogens is 3. The van der Waals surface area contributed by atoms with Gasteiger partial charge >= 0.3 is 5.97 Å². The minimum absolute atomic E-state index is 0.0660. The average molecular weight is 803 g/mol. The van der Waals surface area contributed by atoms with Crippen molar-refractivity contribution in [3.8, 4) is 22.4 Å². The van der Waals surface area contributed by atoms with E-state index in [1.807, 2.05) is 79.7 Å². The highest BCUT2D eigenvalue weighted by Crippen LogP contribution is 2.34. The Kier molecular flexibility index (Phi) is 12.7. The summed E-state index contributed by atoms with van der Waals surface area (Å²) >= 11 is 0. The predicted molar refractivity (Wildman–Crippen MR) is 210 cm³/mol. The van der Waals surface area contributed by atoms with E-state index in [1.165, 1.54) is 6.07 Å². The molecule has 1 aromatic heterocycles. The van der Waals surface area contributed by atoms with Crippen LogP contribution in [-0.2, 0) is 35.6 Å². The van der Waals surface area contributed by atoms with Crippen LogP contribution in [0.25, 0.3) is 33.2 Å². The first-order chi connectivity index (χ1) is 27.2. The fourth-order valence-corrected chi connectivity index (χ4v) is 8.19. The molecule has 57 heavy (non-hydrogen) atoms. The SMILES string of the molecule is CC(=O)N[C@H]1[C@H]([C@H](O)[C@H](O)CNS(=O)(=O)c2cccc3c(N(C)C)cccc23)O[C@@](OCCCn2cc(-c3ccc(-c4ccccc4)cc3)nn2)(C(=O)O)C[C@@H]1O. The van der Waals surface area contributed by atoms with Crippen LogP contribution in [-0.4, -0.2) is 119 Å². The normalized spacial score (nSPS) is 20.8. The lowest BCUT2D eigenvalue weighted by Gasteiger charge is -2.46. The number of aryl methyl sites for hydroxylation is 1. The highest BCUT2D eigenvalue weighted by Gasteiger charge is 2.55. The van der Waals surface area contributed by atoms with Gasteiger partial charge in [-0.3, -0.25) is 9.48 Å². The molecule has 16 nitrogen and oxygen atoms in total. The van der Waals surface area contributed by atoms with E-state index in [9.17, 15) is 38.4 Å². The molecule has 5 aromatic rings. The highest BCUT2D eigenvalue weighted by atomic mass is 32.2. The van der Waals surface area contributed by atoms with Gasteiger partial charge in [-0.25, -0.2) is 17.9 Å². The highest BCUT2D eigenvalue weighted by molar-refractivity contribution is 7.89. The van der Waals surface area contributed by atoms with Crippen LogP contribution in [0.5, 0.6) is 0 Å². The number of amides is 1. The molecule has 1 fully saturated rings. The second-order valence-corrected chi connectivity index (χ2v) is 15.8. The number of aliphatic hydroxyl groups is 3. The first-order valence-corrected chi connectivity index (χ1v) is 19.8. The van der Waals surface area contributed by atoms with Gasteiger partial charge in [-0.1, -0.05) is 84.1 Å². The number of hydrogen-bond acceptors (Lipinski definition) is 12. The third-order valence-electron chi connectivity index (χ3n) is 9.81. The predicted octanol–water partition coefficient (Wildman–Crippen LogP) is 2.37. The van der Waals surface area contributed by atoms with Crippen molar-refractivity contribution in [1.82, 2.24) is 25.0 Å². The number of ether oxygens (including phenoxy) is 2. The van der Waals surface area contributed by atoms with Crippen LogP contribution in [0, 0.1) is 0 Å². The smallest absolute Gasteiger partial charge is 0.364 e. The van der Waals surface area contributed by atoms with Gasteiger partial charge in [0.2, 0.25) is 15.9 Å². The summed E-state index contributed by atoms with van der Waals surface area (Å²) < 4.78 is 42.5. The number of sulfonamides is 1. The van der Waals surface area contributed by atoms with E-state index in [2.05, 4.69) is 20.4 Å². The summed E-state index contributed by atoms with van der Waals surface area (Å²) in [7, 11) is -0.604. The Labute approximate surface area is 329 Å². The number of carboxylic acids is 1. The van der Waals surface area contributed by atoms with Gasteiger partial charge < -0.3 is 40.1 Å². The Morgan fingerprint density at radius 2 is 1.63 bits per heavy atom. The number of aliphatic carboxylic acids is 1. The molecular weight excluding hydrogens is 757 g/mol. The lowest BCUT2D eigenvalue weighted by Crippen LogP contribution is -2.68. The number of fused-ring (bicyclic) bond motifs is 1. The Morgan fingerprint density at radius 3 is 2.32 bits per heavy atom. The van der Waals surface area contributed by atoms with Crippen molar-refractivity contribution >= 4 is 38.4 Å². The second kappa shape index (κ2) is 17.5. The molecule has 1 amide bonds. The lowest BCUT2D eigenvalue weighted by molar-refractivity contribution is -0.310. The lowest BCUT2D eigenvalue weighted by atomic mass is 9.88. The summed E-state index contributed by atoms with van der Waals surface area (Å²) in [6, 6.07) is 26.4. The molecule has 2 heterocycles. The zero-order valence-electron chi connectivity index (χ0n) is 31.6. The summed E-state index contributed by atoms with van der Waals surface area (Å²) in [5.74, 6) is -4.75. The number of aliphatic hydroxyl groups excluding tert-OH is 3. The van der Waals surface area contributed by atoms with Crippen molar-refractivity contribution in [3.63, 3.8) is 0 Å². The number of nitrogens with one attached hydrogen (secondary N) is 2. The maximum Gasteiger partial charge on any atom is 0.364 e. The Bertz CT molecular complexity index is 2290. The van der Waals surface area contributed by atoms with Gasteiger partial charge in [0, 0.05) is 62.6 Å². The number of carbonyl (C=O) groups excluding carboxylic acids is 1. The van der Waals surface area contributed by atoms with E-state index in [4.69, 9.17) is 9.47 Å². The molecule has 1 saturated heterocycles. The molecule has 0 saturated carbocycles. The molecule has 0 bridgehead atoms. The van der Waals surface area contributed by atoms with Crippen molar-refractivity contribution in [2.45, 2.75) is 67.5 Å². The molecule has 6 N–H and O–H groups in total. The second-order valence-electron chi connectivity index (χ2n) is 14.1. The van der Waals surface area contributed by atoms with Gasteiger partial charge in [0.1, 0.15) is 17.9 Å². The molecule has 17 heteroatoms. The summed E-state index contributed by atoms with van der Waals surface area (Å²) in [6.07, 6.45) is -5.92. The van der Waals surface area contributed by atoms with Gasteiger partial charge in [-0.05, 0) is 29.7 Å². The van der Waals surface area contributed by atoms with E-state index < -0.39 is 71.1 Å². The number of carboxylic acid groups (broad SMARTS) is 1. The van der Waals surface area contributed by atoms with Crippen LogP contribution in [0.1, 0.15) is 19.8 Å². The first-order valence-electron chi connectivity index (χ1n) is 18.3. The van der Waals surface area contributed by atoms with E-state index in [-0.39, 0.29) is 24.5 Å². The van der Waals surface area contributed by atoms with Crippen molar-refractivity contribution in [1.29, 1.82) is 0 Å². The number of rotatable bonds is 16. The molecule has 1 aliphatic heterocycles. The van der Waals surface area contributed by atoms with Crippen molar-refractivity contribution < 1.29 is 47.9 Å². The van der Waals surface area contributed by atoms with Crippen molar-refractivity contribution in [2.75, 3.05) is 32.1 Å². The number of carbonyl (C=O) groups is 2. The number of benzene rings is 4. The Morgan fingerprint density at radius 1 is 0.965 bits per heavy atom.